The van der Waals surface area contributed by atoms with E-state index in [0.717, 1.165) is 23.2 Å². The van der Waals surface area contributed by atoms with Gasteiger partial charge >= 0.3 is 0 Å². The van der Waals surface area contributed by atoms with Gasteiger partial charge in [-0.2, -0.15) is 0 Å². The topological polar surface area (TPSA) is 84.9 Å². The summed E-state index contributed by atoms with van der Waals surface area (Å²) in [6.07, 6.45) is 1.79. The lowest BCUT2D eigenvalue weighted by molar-refractivity contribution is -0.119. The van der Waals surface area contributed by atoms with Gasteiger partial charge in [0, 0.05) is 55.0 Å². The Labute approximate surface area is 224 Å². The van der Waals surface area contributed by atoms with Crippen molar-refractivity contribution in [1.82, 2.24) is 9.62 Å². The van der Waals surface area contributed by atoms with Gasteiger partial charge in [-0.3, -0.25) is 4.79 Å². The minimum Gasteiger partial charge on any atom is -0.379 e. The molecule has 0 aromatic heterocycles. The number of rotatable bonds is 14. The number of fused-ring (bicyclic) bond motifs is 1. The van der Waals surface area contributed by atoms with Crippen molar-refractivity contribution in [2.45, 2.75) is 43.5 Å². The summed E-state index contributed by atoms with van der Waals surface area (Å²) in [5.74, 6) is 0.186. The lowest BCUT2D eigenvalue weighted by Gasteiger charge is -2.33. The zero-order valence-corrected chi connectivity index (χ0v) is 23.1. The molecule has 198 valence electrons. The van der Waals surface area contributed by atoms with Crippen LogP contribution >= 0.6 is 23.2 Å². The number of ketones is 1. The number of benzene rings is 2. The van der Waals surface area contributed by atoms with Crippen LogP contribution in [0.2, 0.25) is 10.0 Å². The molecule has 1 heterocycles. The molecule has 1 aliphatic rings. The highest BCUT2D eigenvalue weighted by molar-refractivity contribution is 7.89. The molecule has 36 heavy (non-hydrogen) atoms. The van der Waals surface area contributed by atoms with E-state index in [2.05, 4.69) is 9.62 Å². The monoisotopic (exact) mass is 556 g/mol. The van der Waals surface area contributed by atoms with E-state index in [0.29, 0.717) is 55.7 Å². The number of nitrogens with one attached hydrogen (secondary N) is 1. The van der Waals surface area contributed by atoms with Gasteiger partial charge in [0.1, 0.15) is 5.78 Å². The summed E-state index contributed by atoms with van der Waals surface area (Å²) in [5.41, 5.74) is 2.93. The Balaban J connectivity index is 1.52. The molecule has 10 heteroatoms. The number of likely N-dealkylation sites (N-methyl/N-ethyl adjacent to an activating group) is 1. The van der Waals surface area contributed by atoms with Gasteiger partial charge in [0.15, 0.2) is 0 Å². The highest BCUT2D eigenvalue weighted by Crippen LogP contribution is 2.38. The Kier molecular flexibility index (Phi) is 11.2. The molecule has 1 N–H and O–H groups in total. The SMILES string of the molecule is CCC(=O)CCCOCCOCCNS(=O)(=O)c1cccc(C2CN(C)Cc3c(Cl)cc(Cl)cc32)c1. The molecular weight excluding hydrogens is 523 g/mol. The van der Waals surface area contributed by atoms with E-state index in [1.165, 1.54) is 0 Å². The van der Waals surface area contributed by atoms with Crippen LogP contribution in [0.15, 0.2) is 41.3 Å². The first-order valence-corrected chi connectivity index (χ1v) is 14.4. The third-order valence-electron chi connectivity index (χ3n) is 6.11. The number of hydrogen-bond acceptors (Lipinski definition) is 6. The van der Waals surface area contributed by atoms with E-state index in [1.807, 2.05) is 26.1 Å². The molecule has 1 unspecified atom stereocenters. The van der Waals surface area contributed by atoms with Gasteiger partial charge < -0.3 is 14.4 Å². The van der Waals surface area contributed by atoms with Crippen molar-refractivity contribution in [1.29, 1.82) is 0 Å². The van der Waals surface area contributed by atoms with Crippen molar-refractivity contribution in [3.63, 3.8) is 0 Å². The Hall–Kier alpha value is -1.52. The number of ether oxygens (including phenoxy) is 2. The number of hydrogen-bond donors (Lipinski definition) is 1. The summed E-state index contributed by atoms with van der Waals surface area (Å²) in [6.45, 7) is 4.95. The molecular formula is C26H34Cl2N2O5S. The molecule has 7 nitrogen and oxygen atoms in total. The first kappa shape index (κ1) is 29.0. The van der Waals surface area contributed by atoms with E-state index in [-0.39, 0.29) is 29.7 Å². The number of halogens is 2. The first-order valence-electron chi connectivity index (χ1n) is 12.1. The van der Waals surface area contributed by atoms with E-state index in [4.69, 9.17) is 32.7 Å². The second kappa shape index (κ2) is 13.9. The summed E-state index contributed by atoms with van der Waals surface area (Å²) >= 11 is 12.7. The van der Waals surface area contributed by atoms with Crippen molar-refractivity contribution >= 4 is 39.0 Å². The Morgan fingerprint density at radius 3 is 2.61 bits per heavy atom. The first-order chi connectivity index (χ1) is 17.2. The lowest BCUT2D eigenvalue weighted by Crippen LogP contribution is -2.31. The van der Waals surface area contributed by atoms with Crippen molar-refractivity contribution in [2.75, 3.05) is 46.6 Å². The van der Waals surface area contributed by atoms with Crippen molar-refractivity contribution in [2.24, 2.45) is 0 Å². The average Bonchev–Trinajstić information content (AvgIpc) is 2.85. The molecule has 0 spiro atoms. The van der Waals surface area contributed by atoms with Crippen molar-refractivity contribution in [3.8, 4) is 0 Å². The average molecular weight is 558 g/mol. The molecule has 0 radical (unpaired) electrons. The fourth-order valence-corrected chi connectivity index (χ4v) is 5.87. The minimum atomic E-state index is -3.70. The van der Waals surface area contributed by atoms with Crippen LogP contribution in [0.5, 0.6) is 0 Å². The molecule has 3 rings (SSSR count). The summed E-state index contributed by atoms with van der Waals surface area (Å²) in [6, 6.07) is 10.7. The highest BCUT2D eigenvalue weighted by Gasteiger charge is 2.28. The van der Waals surface area contributed by atoms with Gasteiger partial charge in [0.2, 0.25) is 10.0 Å². The second-order valence-corrected chi connectivity index (χ2v) is 11.5. The molecule has 1 atom stereocenters. The summed E-state index contributed by atoms with van der Waals surface area (Å²) in [5, 5.41) is 1.19. The molecule has 0 fully saturated rings. The van der Waals surface area contributed by atoms with E-state index < -0.39 is 10.0 Å². The maximum atomic E-state index is 12.9. The van der Waals surface area contributed by atoms with Crippen LogP contribution in [0.25, 0.3) is 0 Å². The fourth-order valence-electron chi connectivity index (χ4n) is 4.23. The molecule has 0 saturated carbocycles. The number of carbonyl (C=O) groups excluding carboxylic acids is 1. The number of Topliss-reactive ketones (excluding diaryl/α,β-unsaturated/α-hetero) is 1. The largest absolute Gasteiger partial charge is 0.379 e. The predicted molar refractivity (Wildman–Crippen MR) is 142 cm³/mol. The minimum absolute atomic E-state index is 0.0477. The maximum absolute atomic E-state index is 12.9. The van der Waals surface area contributed by atoms with Gasteiger partial charge in [0.25, 0.3) is 0 Å². The van der Waals surface area contributed by atoms with Crippen molar-refractivity contribution in [3.05, 3.63) is 63.1 Å². The van der Waals surface area contributed by atoms with Gasteiger partial charge in [0.05, 0.1) is 24.7 Å². The van der Waals surface area contributed by atoms with Crippen molar-refractivity contribution < 1.29 is 22.7 Å². The quantitative estimate of drug-likeness (QED) is 0.341. The van der Waals surface area contributed by atoms with Gasteiger partial charge in [-0.1, -0.05) is 42.3 Å². The van der Waals surface area contributed by atoms with E-state index in [9.17, 15) is 13.2 Å². The standard InChI is InChI=1S/C26H34Cl2N2O5S/c1-3-21(31)7-5-10-34-12-13-35-11-9-29-36(32,33)22-8-4-6-19(14-22)24-17-30(2)18-25-23(24)15-20(27)16-26(25)28/h4,6,8,14-16,24,29H,3,5,7,9-13,17-18H2,1-2H3. The molecule has 0 amide bonds. The van der Waals surface area contributed by atoms with Crippen LogP contribution < -0.4 is 4.72 Å². The molecule has 2 aromatic carbocycles. The Morgan fingerprint density at radius 1 is 1.11 bits per heavy atom. The highest BCUT2D eigenvalue weighted by atomic mass is 35.5. The van der Waals surface area contributed by atoms with Gasteiger partial charge in [-0.05, 0) is 54.4 Å². The molecule has 0 aliphatic carbocycles. The molecule has 1 aliphatic heterocycles. The predicted octanol–water partition coefficient (Wildman–Crippen LogP) is 4.64. The number of nitrogens with zero attached hydrogens (tertiary/aromatic N) is 1. The molecule has 0 saturated heterocycles. The smallest absolute Gasteiger partial charge is 0.240 e. The Bertz CT molecular complexity index is 1140. The molecule has 2 aromatic rings. The number of carbonyl (C=O) groups is 1. The fraction of sp³-hybridized carbons (Fsp3) is 0.500. The van der Waals surface area contributed by atoms with Crippen LogP contribution in [-0.4, -0.2) is 65.7 Å². The van der Waals surface area contributed by atoms with Gasteiger partial charge in [-0.15, -0.1) is 0 Å². The van der Waals surface area contributed by atoms with E-state index >= 15 is 0 Å². The lowest BCUT2D eigenvalue weighted by atomic mass is 9.85. The zero-order valence-electron chi connectivity index (χ0n) is 20.8. The van der Waals surface area contributed by atoms with Crippen LogP contribution in [-0.2, 0) is 30.8 Å². The molecule has 0 bridgehead atoms. The van der Waals surface area contributed by atoms with Crippen LogP contribution in [0, 0.1) is 0 Å². The third-order valence-corrected chi connectivity index (χ3v) is 8.13. The zero-order chi connectivity index (χ0) is 26.1. The van der Waals surface area contributed by atoms with Gasteiger partial charge in [-0.25, -0.2) is 13.1 Å². The number of sulfonamides is 1. The maximum Gasteiger partial charge on any atom is 0.240 e. The summed E-state index contributed by atoms with van der Waals surface area (Å²) in [4.78, 5) is 13.6. The van der Waals surface area contributed by atoms with Crippen LogP contribution in [0.4, 0.5) is 0 Å². The van der Waals surface area contributed by atoms with Crippen LogP contribution in [0.3, 0.4) is 0 Å². The summed E-state index contributed by atoms with van der Waals surface area (Å²) < 4.78 is 39.3. The second-order valence-electron chi connectivity index (χ2n) is 8.90. The van der Waals surface area contributed by atoms with Crippen LogP contribution in [0.1, 0.15) is 48.8 Å². The third kappa shape index (κ3) is 8.25. The summed E-state index contributed by atoms with van der Waals surface area (Å²) in [7, 11) is -1.69. The Morgan fingerprint density at radius 2 is 1.86 bits per heavy atom. The van der Waals surface area contributed by atoms with E-state index in [1.54, 1.807) is 24.3 Å². The normalized spacial score (nSPS) is 16.2.